The molecule has 0 aromatic rings. The Morgan fingerprint density at radius 3 is 1.76 bits per heavy atom. The predicted molar refractivity (Wildman–Crippen MR) is 72.9 cm³/mol. The molecule has 0 bridgehead atoms. The average molecular weight is 282 g/mol. The molecule has 0 aliphatic carbocycles. The molecule has 17 heavy (non-hydrogen) atoms. The van der Waals surface area contributed by atoms with Crippen molar-refractivity contribution in [3.8, 4) is 0 Å². The normalized spacial score (nSPS) is 31.4. The second kappa shape index (κ2) is 10.5. The minimum absolute atomic E-state index is 0.369. The number of thioether (sulfide) groups is 2. The molecule has 2 N–H and O–H groups in total. The van der Waals surface area contributed by atoms with Gasteiger partial charge in [-0.3, -0.25) is 0 Å². The van der Waals surface area contributed by atoms with Crippen LogP contribution in [0.4, 0.5) is 0 Å². The summed E-state index contributed by atoms with van der Waals surface area (Å²) in [7, 11) is 0. The molecule has 2 atom stereocenters. The first kappa shape index (κ1) is 15.6. The zero-order valence-corrected chi connectivity index (χ0v) is 11.7. The Morgan fingerprint density at radius 2 is 1.29 bits per heavy atom. The van der Waals surface area contributed by atoms with Crippen LogP contribution in [0.25, 0.3) is 0 Å². The summed E-state index contributed by atoms with van der Waals surface area (Å²) in [5, 5.41) is 19.2. The van der Waals surface area contributed by atoms with Gasteiger partial charge in [-0.2, -0.15) is 23.5 Å². The molecule has 1 aliphatic heterocycles. The van der Waals surface area contributed by atoms with E-state index in [1.807, 2.05) is 0 Å². The van der Waals surface area contributed by atoms with E-state index in [2.05, 4.69) is 0 Å². The number of aliphatic hydroxyl groups is 2. The second-order valence-electron chi connectivity index (χ2n) is 3.96. The molecular formula is C11H22O4S2. The Morgan fingerprint density at radius 1 is 0.824 bits per heavy atom. The van der Waals surface area contributed by atoms with Gasteiger partial charge in [-0.15, -0.1) is 0 Å². The summed E-state index contributed by atoms with van der Waals surface area (Å²) < 4.78 is 10.6. The van der Waals surface area contributed by atoms with Crippen LogP contribution in [0.2, 0.25) is 0 Å². The highest BCUT2D eigenvalue weighted by Crippen LogP contribution is 2.11. The minimum Gasteiger partial charge on any atom is -0.390 e. The molecule has 0 spiro atoms. The monoisotopic (exact) mass is 282 g/mol. The molecule has 1 heterocycles. The highest BCUT2D eigenvalue weighted by atomic mass is 32.2. The molecule has 0 radical (unpaired) electrons. The maximum Gasteiger partial charge on any atom is 0.0863 e. The summed E-state index contributed by atoms with van der Waals surface area (Å²) in [6.45, 7) is 1.69. The van der Waals surface area contributed by atoms with Gasteiger partial charge in [0.1, 0.15) is 0 Å². The highest BCUT2D eigenvalue weighted by Gasteiger charge is 2.07. The van der Waals surface area contributed by atoms with E-state index in [-0.39, 0.29) is 12.2 Å². The van der Waals surface area contributed by atoms with E-state index in [0.717, 1.165) is 29.4 Å². The van der Waals surface area contributed by atoms with Crippen molar-refractivity contribution in [2.24, 2.45) is 0 Å². The summed E-state index contributed by atoms with van der Waals surface area (Å²) in [6.07, 6.45) is 0.336. The van der Waals surface area contributed by atoms with Gasteiger partial charge in [-0.1, -0.05) is 0 Å². The van der Waals surface area contributed by atoms with Crippen LogP contribution in [0.15, 0.2) is 0 Å². The van der Waals surface area contributed by atoms with E-state index in [1.165, 1.54) is 0 Å². The molecule has 1 aliphatic rings. The largest absolute Gasteiger partial charge is 0.390 e. The summed E-state index contributed by atoms with van der Waals surface area (Å²) >= 11 is 3.51. The van der Waals surface area contributed by atoms with Crippen LogP contribution in [0.3, 0.4) is 0 Å². The van der Waals surface area contributed by atoms with Crippen molar-refractivity contribution in [2.45, 2.75) is 18.6 Å². The molecular weight excluding hydrogens is 260 g/mol. The SMILES string of the molecule is OC1COCCOCC(O)CSCCCSC1. The van der Waals surface area contributed by atoms with Crippen LogP contribution in [0.1, 0.15) is 6.42 Å². The smallest absolute Gasteiger partial charge is 0.0863 e. The van der Waals surface area contributed by atoms with Gasteiger partial charge in [0.05, 0.1) is 38.6 Å². The second-order valence-corrected chi connectivity index (χ2v) is 6.26. The molecule has 0 saturated carbocycles. The van der Waals surface area contributed by atoms with Crippen molar-refractivity contribution in [1.29, 1.82) is 0 Å². The van der Waals surface area contributed by atoms with Crippen molar-refractivity contribution in [3.63, 3.8) is 0 Å². The lowest BCUT2D eigenvalue weighted by molar-refractivity contribution is -0.00841. The predicted octanol–water partition coefficient (Wildman–Crippen LogP) is 0.611. The summed E-state index contributed by atoms with van der Waals surface area (Å²) in [5.41, 5.74) is 0. The van der Waals surface area contributed by atoms with Crippen LogP contribution < -0.4 is 0 Å². The average Bonchev–Trinajstić information content (AvgIpc) is 2.32. The third kappa shape index (κ3) is 9.16. The highest BCUT2D eigenvalue weighted by molar-refractivity contribution is 8.00. The van der Waals surface area contributed by atoms with Gasteiger partial charge in [0.2, 0.25) is 0 Å². The van der Waals surface area contributed by atoms with Gasteiger partial charge in [0, 0.05) is 11.5 Å². The molecule has 1 fully saturated rings. The van der Waals surface area contributed by atoms with Gasteiger partial charge in [-0.05, 0) is 17.9 Å². The third-order valence-corrected chi connectivity index (χ3v) is 4.59. The Labute approximate surface area is 111 Å². The maximum atomic E-state index is 9.58. The Hall–Kier alpha value is 0.540. The summed E-state index contributed by atoms with van der Waals surface area (Å²) in [6, 6.07) is 0. The van der Waals surface area contributed by atoms with Crippen molar-refractivity contribution in [3.05, 3.63) is 0 Å². The zero-order chi connectivity index (χ0) is 12.3. The lowest BCUT2D eigenvalue weighted by Crippen LogP contribution is -2.22. The topological polar surface area (TPSA) is 58.9 Å². The molecule has 1 rings (SSSR count). The number of aliphatic hydroxyl groups excluding tert-OH is 2. The first-order chi connectivity index (χ1) is 8.29. The number of ether oxygens (including phenoxy) is 2. The van der Waals surface area contributed by atoms with Crippen LogP contribution in [-0.4, -0.2) is 71.9 Å². The quantitative estimate of drug-likeness (QED) is 0.679. The van der Waals surface area contributed by atoms with Crippen LogP contribution in [0.5, 0.6) is 0 Å². The van der Waals surface area contributed by atoms with E-state index in [0.29, 0.717) is 26.4 Å². The van der Waals surface area contributed by atoms with E-state index in [4.69, 9.17) is 9.47 Å². The van der Waals surface area contributed by atoms with Gasteiger partial charge in [-0.25, -0.2) is 0 Å². The Kier molecular flexibility index (Phi) is 9.60. The number of hydrogen-bond donors (Lipinski definition) is 2. The van der Waals surface area contributed by atoms with Gasteiger partial charge < -0.3 is 19.7 Å². The van der Waals surface area contributed by atoms with E-state index in [9.17, 15) is 10.2 Å². The summed E-state index contributed by atoms with van der Waals surface area (Å²) in [4.78, 5) is 0. The van der Waals surface area contributed by atoms with Crippen molar-refractivity contribution in [1.82, 2.24) is 0 Å². The summed E-state index contributed by atoms with van der Waals surface area (Å²) in [5.74, 6) is 3.57. The lowest BCUT2D eigenvalue weighted by Gasteiger charge is -2.11. The third-order valence-electron chi connectivity index (χ3n) is 2.19. The minimum atomic E-state index is -0.386. The number of rotatable bonds is 0. The fourth-order valence-electron chi connectivity index (χ4n) is 1.35. The zero-order valence-electron chi connectivity index (χ0n) is 10.0. The Balaban J connectivity index is 2.18. The van der Waals surface area contributed by atoms with Crippen molar-refractivity contribution in [2.75, 3.05) is 49.4 Å². The Bertz CT molecular complexity index is 165. The van der Waals surface area contributed by atoms with Crippen LogP contribution in [0, 0.1) is 0 Å². The standard InChI is InChI=1S/C11H22O4S2/c12-10-6-14-2-3-15-7-11(13)9-17-5-1-4-16-8-10/h10-13H,1-9H2. The van der Waals surface area contributed by atoms with E-state index >= 15 is 0 Å². The van der Waals surface area contributed by atoms with Crippen molar-refractivity contribution >= 4 is 23.5 Å². The van der Waals surface area contributed by atoms with Gasteiger partial charge in [0.15, 0.2) is 0 Å². The maximum absolute atomic E-state index is 9.58. The first-order valence-corrected chi connectivity index (χ1v) is 8.27. The molecule has 0 aromatic heterocycles. The van der Waals surface area contributed by atoms with Crippen LogP contribution in [-0.2, 0) is 9.47 Å². The van der Waals surface area contributed by atoms with Gasteiger partial charge in [0.25, 0.3) is 0 Å². The number of hydrogen-bond acceptors (Lipinski definition) is 6. The molecule has 2 unspecified atom stereocenters. The fourth-order valence-corrected chi connectivity index (χ4v) is 3.30. The lowest BCUT2D eigenvalue weighted by atomic mass is 10.4. The molecule has 1 saturated heterocycles. The molecule has 6 heteroatoms. The van der Waals surface area contributed by atoms with E-state index in [1.54, 1.807) is 23.5 Å². The molecule has 4 nitrogen and oxygen atoms in total. The van der Waals surface area contributed by atoms with Gasteiger partial charge >= 0.3 is 0 Å². The van der Waals surface area contributed by atoms with Crippen molar-refractivity contribution < 1.29 is 19.7 Å². The van der Waals surface area contributed by atoms with Crippen LogP contribution >= 0.6 is 23.5 Å². The molecule has 102 valence electrons. The molecule has 0 aromatic carbocycles. The van der Waals surface area contributed by atoms with E-state index < -0.39 is 0 Å². The first-order valence-electron chi connectivity index (χ1n) is 5.96. The fraction of sp³-hybridized carbons (Fsp3) is 1.00. The molecule has 0 amide bonds.